The maximum absolute atomic E-state index is 11.8. The smallest absolute Gasteiger partial charge is 0.186 e. The van der Waals surface area contributed by atoms with Gasteiger partial charge in [-0.1, -0.05) is 12.1 Å². The average molecular weight is 791 g/mol. The molecule has 0 saturated carbocycles. The molecule has 0 aliphatic carbocycles. The Morgan fingerprint density at radius 3 is 1.78 bits per heavy atom. The van der Waals surface area contributed by atoms with Crippen molar-refractivity contribution in [3.05, 3.63) is 47.5 Å². The lowest BCUT2D eigenvalue weighted by Crippen LogP contribution is -2.65. The maximum Gasteiger partial charge on any atom is 0.186 e. The first-order valence-electron chi connectivity index (χ1n) is 17.7. The molecular weight excluding hydrogens is 740 g/mol. The highest BCUT2D eigenvalue weighted by molar-refractivity contribution is 5.41. The molecule has 310 valence electrons. The Labute approximate surface area is 314 Å². The minimum Gasteiger partial charge on any atom is -0.504 e. The van der Waals surface area contributed by atoms with Crippen LogP contribution >= 0.6 is 0 Å². The van der Waals surface area contributed by atoms with Gasteiger partial charge in [-0.15, -0.1) is 0 Å². The maximum atomic E-state index is 11.8. The lowest BCUT2D eigenvalue weighted by atomic mass is 9.82. The van der Waals surface area contributed by atoms with Crippen molar-refractivity contribution in [2.75, 3.05) is 19.8 Å². The Hall–Kier alpha value is -3.00. The summed E-state index contributed by atoms with van der Waals surface area (Å²) in [5.41, 5.74) is 1.02. The van der Waals surface area contributed by atoms with Gasteiger partial charge in [-0.2, -0.15) is 0 Å². The summed E-state index contributed by atoms with van der Waals surface area (Å²) >= 11 is 0. The lowest BCUT2D eigenvalue weighted by Gasteiger charge is -2.49. The number of aliphatic hydroxyl groups is 8. The minimum atomic E-state index is -1.85. The number of ether oxygens (including phenoxy) is 6. The Kier molecular flexibility index (Phi) is 14.9. The van der Waals surface area contributed by atoms with Crippen LogP contribution in [0.25, 0.3) is 0 Å². The zero-order chi connectivity index (χ0) is 40.1. The van der Waals surface area contributed by atoms with Crippen molar-refractivity contribution >= 4 is 0 Å². The van der Waals surface area contributed by atoms with E-state index in [1.165, 1.54) is 43.3 Å². The second kappa shape index (κ2) is 19.0. The molecule has 55 heavy (non-hydrogen) atoms. The number of hydrogen-bond acceptors (Lipinski definition) is 20. The number of benzene rings is 2. The molecule has 3 fully saturated rings. The van der Waals surface area contributed by atoms with E-state index in [9.17, 15) is 66.5 Å². The Morgan fingerprint density at radius 1 is 0.618 bits per heavy atom. The van der Waals surface area contributed by atoms with Gasteiger partial charge in [-0.05, 0) is 61.6 Å². The second-order valence-electron chi connectivity index (χ2n) is 13.9. The van der Waals surface area contributed by atoms with Gasteiger partial charge >= 0.3 is 0 Å². The Bertz CT molecular complexity index is 1510. The van der Waals surface area contributed by atoms with Gasteiger partial charge in [-0.25, -0.2) is 4.89 Å². The molecular formula is C35H50O20. The number of rotatable bonds is 15. The average Bonchev–Trinajstić information content (AvgIpc) is 3.16. The predicted octanol–water partition coefficient (Wildman–Crippen LogP) is -2.71. The largest absolute Gasteiger partial charge is 0.504 e. The molecule has 3 aliphatic rings. The summed E-state index contributed by atoms with van der Waals surface area (Å²) in [4.78, 5) is 4.92. The van der Waals surface area contributed by atoms with Crippen LogP contribution in [-0.4, -0.2) is 178 Å². The molecule has 5 rings (SSSR count). The van der Waals surface area contributed by atoms with E-state index in [2.05, 4.69) is 0 Å². The topological polar surface area (TPSA) is 328 Å². The quantitative estimate of drug-likeness (QED) is 0.0495. The molecule has 3 saturated heterocycles. The van der Waals surface area contributed by atoms with Crippen LogP contribution in [0.2, 0.25) is 0 Å². The molecule has 2 aromatic rings. The van der Waals surface area contributed by atoms with E-state index >= 15 is 0 Å². The molecule has 2 aromatic carbocycles. The minimum absolute atomic E-state index is 0.0838. The third-order valence-corrected chi connectivity index (χ3v) is 10.1. The highest BCUT2D eigenvalue weighted by Gasteiger charge is 2.54. The summed E-state index contributed by atoms with van der Waals surface area (Å²) in [5.74, 6) is -2.81. The summed E-state index contributed by atoms with van der Waals surface area (Å²) in [5, 5.41) is 134. The van der Waals surface area contributed by atoms with Crippen LogP contribution in [0.1, 0.15) is 24.5 Å². The molecule has 16 unspecified atom stereocenters. The van der Waals surface area contributed by atoms with Crippen LogP contribution < -0.4 is 0 Å². The number of phenols is 4. The summed E-state index contributed by atoms with van der Waals surface area (Å²) in [6.07, 6.45) is -23.6. The molecule has 16 atom stereocenters. The summed E-state index contributed by atoms with van der Waals surface area (Å²) in [6, 6.07) is 8.13. The summed E-state index contributed by atoms with van der Waals surface area (Å²) in [7, 11) is 0. The van der Waals surface area contributed by atoms with Crippen molar-refractivity contribution in [3.8, 4) is 23.0 Å². The van der Waals surface area contributed by atoms with Crippen LogP contribution in [-0.2, 0) is 46.2 Å². The molecule has 0 amide bonds. The first kappa shape index (κ1) is 43.1. The van der Waals surface area contributed by atoms with Gasteiger partial charge in [0, 0.05) is 5.92 Å². The van der Waals surface area contributed by atoms with Gasteiger partial charge < -0.3 is 89.7 Å². The number of aryl methyl sites for hydroxylation is 1. The zero-order valence-corrected chi connectivity index (χ0v) is 29.6. The van der Waals surface area contributed by atoms with Gasteiger partial charge in [-0.3, -0.25) is 5.26 Å². The third kappa shape index (κ3) is 9.94. The van der Waals surface area contributed by atoms with E-state index < -0.39 is 117 Å². The molecule has 3 heterocycles. The van der Waals surface area contributed by atoms with Crippen molar-refractivity contribution in [2.45, 2.75) is 118 Å². The van der Waals surface area contributed by atoms with Crippen LogP contribution in [0.5, 0.6) is 23.0 Å². The van der Waals surface area contributed by atoms with Gasteiger partial charge in [0.1, 0.15) is 54.9 Å². The number of hydrogen-bond donors (Lipinski definition) is 13. The molecule has 3 aliphatic heterocycles. The van der Waals surface area contributed by atoms with Crippen LogP contribution in [0.3, 0.4) is 0 Å². The van der Waals surface area contributed by atoms with Gasteiger partial charge in [0.25, 0.3) is 0 Å². The number of aromatic hydroxyl groups is 4. The van der Waals surface area contributed by atoms with Crippen molar-refractivity contribution in [3.63, 3.8) is 0 Å². The van der Waals surface area contributed by atoms with E-state index in [-0.39, 0.29) is 43.1 Å². The predicted molar refractivity (Wildman–Crippen MR) is 180 cm³/mol. The molecule has 20 nitrogen and oxygen atoms in total. The van der Waals surface area contributed by atoms with Gasteiger partial charge in [0.2, 0.25) is 0 Å². The number of aliphatic hydroxyl groups excluding tert-OH is 8. The normalized spacial score (nSPS) is 37.5. The second-order valence-corrected chi connectivity index (χ2v) is 13.9. The van der Waals surface area contributed by atoms with Crippen LogP contribution in [0.4, 0.5) is 0 Å². The van der Waals surface area contributed by atoms with E-state index in [4.69, 9.17) is 33.3 Å². The fourth-order valence-corrected chi connectivity index (χ4v) is 6.89. The van der Waals surface area contributed by atoms with Crippen molar-refractivity contribution < 1.29 is 99.8 Å². The third-order valence-electron chi connectivity index (χ3n) is 10.1. The van der Waals surface area contributed by atoms with Crippen LogP contribution in [0.15, 0.2) is 36.4 Å². The van der Waals surface area contributed by atoms with E-state index in [1.807, 2.05) is 0 Å². The lowest BCUT2D eigenvalue weighted by molar-refractivity contribution is -0.381. The van der Waals surface area contributed by atoms with E-state index in [1.54, 1.807) is 0 Å². The Balaban J connectivity index is 1.46. The summed E-state index contributed by atoms with van der Waals surface area (Å²) < 4.78 is 35.2. The SMILES string of the molecule is CC1OC(OC2C(O)C(OCCc3ccc(O)c(O)c3)OC(COC3OC(CO)C(O)C(O)C3O)C2C(CCc2ccc(O)c(O)c2)OO)C(O)C(O)C1O. The highest BCUT2D eigenvalue weighted by atomic mass is 17.1. The highest BCUT2D eigenvalue weighted by Crippen LogP contribution is 2.38. The van der Waals surface area contributed by atoms with E-state index in [0.717, 1.165) is 0 Å². The standard InChI is InChI=1S/C35H50O20/c1-14-25(41)27(43)30(46)35(51-14)54-32-24(21(55-48)7-4-15-2-5-17(37)19(39)10-15)23(13-50-33-29(45)28(44)26(42)22(12-36)52-33)53-34(31(32)47)49-9-8-16-3-6-18(38)20(40)11-16/h2-3,5-6,10-11,14,21-48H,4,7-9,12-13H2,1H3. The molecule has 20 heteroatoms. The van der Waals surface area contributed by atoms with Crippen molar-refractivity contribution in [2.24, 2.45) is 5.92 Å². The molecule has 0 bridgehead atoms. The first-order chi connectivity index (χ1) is 26.1. The monoisotopic (exact) mass is 790 g/mol. The van der Waals surface area contributed by atoms with Crippen LogP contribution in [0, 0.1) is 5.92 Å². The van der Waals surface area contributed by atoms with Crippen molar-refractivity contribution in [1.82, 2.24) is 0 Å². The Morgan fingerprint density at radius 2 is 1.18 bits per heavy atom. The first-order valence-corrected chi connectivity index (χ1v) is 17.7. The molecule has 0 radical (unpaired) electrons. The van der Waals surface area contributed by atoms with E-state index in [0.29, 0.717) is 11.1 Å². The van der Waals surface area contributed by atoms with Crippen molar-refractivity contribution in [1.29, 1.82) is 0 Å². The van der Waals surface area contributed by atoms with Gasteiger partial charge in [0.05, 0.1) is 38.1 Å². The molecule has 0 aromatic heterocycles. The fourth-order valence-electron chi connectivity index (χ4n) is 6.89. The zero-order valence-electron chi connectivity index (χ0n) is 29.6. The summed E-state index contributed by atoms with van der Waals surface area (Å²) in [6.45, 7) is -0.0826. The molecule has 13 N–H and O–H groups in total. The van der Waals surface area contributed by atoms with Gasteiger partial charge in [0.15, 0.2) is 41.9 Å². The number of phenolic OH excluding ortho intramolecular Hbond substituents is 4. The molecule has 0 spiro atoms. The fraction of sp³-hybridized carbons (Fsp3) is 0.657.